The van der Waals surface area contributed by atoms with E-state index < -0.39 is 5.60 Å². The second-order valence-corrected chi connectivity index (χ2v) is 7.93. The third kappa shape index (κ3) is 4.36. The van der Waals surface area contributed by atoms with E-state index in [2.05, 4.69) is 15.0 Å². The normalized spacial score (nSPS) is 18.2. The first-order valence-corrected chi connectivity index (χ1v) is 10.4. The number of likely N-dealkylation sites (N-methyl/N-ethyl adjacent to an activating group) is 1. The first-order chi connectivity index (χ1) is 15.5. The van der Waals surface area contributed by atoms with Gasteiger partial charge in [0.2, 0.25) is 0 Å². The van der Waals surface area contributed by atoms with Crippen molar-refractivity contribution in [1.82, 2.24) is 24.8 Å². The average Bonchev–Trinajstić information content (AvgIpc) is 2.84. The van der Waals surface area contributed by atoms with E-state index in [1.165, 1.54) is 23.5 Å². The van der Waals surface area contributed by atoms with Gasteiger partial charge in [0.15, 0.2) is 5.60 Å². The predicted molar refractivity (Wildman–Crippen MR) is 119 cm³/mol. The molecule has 0 spiro atoms. The fraction of sp³-hybridized carbons (Fsp3) is 0.292. The lowest BCUT2D eigenvalue weighted by Crippen LogP contribution is -2.61. The Kier molecular flexibility index (Phi) is 6.23. The molecule has 0 radical (unpaired) electrons. The number of amides is 2. The van der Waals surface area contributed by atoms with Crippen molar-refractivity contribution < 1.29 is 14.3 Å². The van der Waals surface area contributed by atoms with Crippen LogP contribution in [0.25, 0.3) is 11.1 Å². The van der Waals surface area contributed by atoms with Crippen molar-refractivity contribution in [3.8, 4) is 11.1 Å². The van der Waals surface area contributed by atoms with Crippen molar-refractivity contribution >= 4 is 11.8 Å². The third-order valence-electron chi connectivity index (χ3n) is 5.54. The Bertz CT molecular complexity index is 1090. The van der Waals surface area contributed by atoms with Crippen molar-refractivity contribution in [2.45, 2.75) is 12.0 Å². The lowest BCUT2D eigenvalue weighted by molar-refractivity contribution is -0.165. The Hall–Kier alpha value is -3.65. The Morgan fingerprint density at radius 1 is 1.06 bits per heavy atom. The average molecular weight is 431 g/mol. The second kappa shape index (κ2) is 9.23. The number of hydrogen-bond donors (Lipinski definition) is 0. The van der Waals surface area contributed by atoms with Crippen molar-refractivity contribution in [2.24, 2.45) is 0 Å². The molecule has 3 heterocycles. The molecule has 1 saturated heterocycles. The molecule has 0 saturated carbocycles. The van der Waals surface area contributed by atoms with Gasteiger partial charge in [-0.3, -0.25) is 19.6 Å². The molecule has 1 aromatic carbocycles. The summed E-state index contributed by atoms with van der Waals surface area (Å²) in [5.41, 5.74) is 2.01. The van der Waals surface area contributed by atoms with Crippen molar-refractivity contribution in [2.75, 3.05) is 33.8 Å². The number of benzene rings is 1. The molecule has 1 fully saturated rings. The van der Waals surface area contributed by atoms with Crippen LogP contribution in [0.5, 0.6) is 0 Å². The van der Waals surface area contributed by atoms with Gasteiger partial charge in [-0.05, 0) is 28.8 Å². The van der Waals surface area contributed by atoms with Gasteiger partial charge in [-0.2, -0.15) is 0 Å². The fourth-order valence-electron chi connectivity index (χ4n) is 4.04. The molecule has 0 N–H and O–H groups in total. The maximum Gasteiger partial charge on any atom is 0.274 e. The standard InChI is InChI=1S/C24H25N5O3/c1-28(2)23(31)24(15-19-5-3-4-6-20(19)18-7-9-25-10-8-18)17-29(13-14-32-24)22(30)21-16-26-11-12-27-21/h3-12,16H,13-15,17H2,1-2H3/t24-/m0/s1. The molecule has 8 heteroatoms. The molecular formula is C24H25N5O3. The monoisotopic (exact) mass is 431 g/mol. The lowest BCUT2D eigenvalue weighted by Gasteiger charge is -2.43. The molecule has 2 amide bonds. The molecule has 32 heavy (non-hydrogen) atoms. The van der Waals surface area contributed by atoms with E-state index >= 15 is 0 Å². The number of nitrogens with zero attached hydrogens (tertiary/aromatic N) is 5. The Morgan fingerprint density at radius 3 is 2.56 bits per heavy atom. The third-order valence-corrected chi connectivity index (χ3v) is 5.54. The number of carbonyl (C=O) groups is 2. The summed E-state index contributed by atoms with van der Waals surface area (Å²) in [6, 6.07) is 11.8. The topological polar surface area (TPSA) is 88.5 Å². The van der Waals surface area contributed by atoms with Gasteiger partial charge >= 0.3 is 0 Å². The molecule has 8 nitrogen and oxygen atoms in total. The van der Waals surface area contributed by atoms with Crippen molar-refractivity contribution in [3.63, 3.8) is 0 Å². The number of carbonyl (C=O) groups excluding carboxylic acids is 2. The quantitative estimate of drug-likeness (QED) is 0.615. The summed E-state index contributed by atoms with van der Waals surface area (Å²) in [5.74, 6) is -0.446. The van der Waals surface area contributed by atoms with Gasteiger partial charge in [0.25, 0.3) is 11.8 Å². The second-order valence-electron chi connectivity index (χ2n) is 7.93. The largest absolute Gasteiger partial charge is 0.361 e. The fourth-order valence-corrected chi connectivity index (χ4v) is 4.04. The highest BCUT2D eigenvalue weighted by atomic mass is 16.5. The SMILES string of the molecule is CN(C)C(=O)[C@]1(Cc2ccccc2-c2ccncc2)CN(C(=O)c2cnccn2)CCO1. The van der Waals surface area contributed by atoms with Crippen LogP contribution in [0.1, 0.15) is 16.1 Å². The van der Waals surface area contributed by atoms with Gasteiger partial charge in [0.05, 0.1) is 19.3 Å². The van der Waals surface area contributed by atoms with E-state index in [-0.39, 0.29) is 30.7 Å². The van der Waals surface area contributed by atoms with Crippen LogP contribution in [-0.4, -0.2) is 76.0 Å². The number of morpholine rings is 1. The van der Waals surface area contributed by atoms with Gasteiger partial charge in [0, 0.05) is 51.8 Å². The highest BCUT2D eigenvalue weighted by Crippen LogP contribution is 2.31. The molecule has 3 aromatic rings. The molecular weight excluding hydrogens is 406 g/mol. The first-order valence-electron chi connectivity index (χ1n) is 10.4. The van der Waals surface area contributed by atoms with Crippen LogP contribution in [0.2, 0.25) is 0 Å². The van der Waals surface area contributed by atoms with E-state index in [0.29, 0.717) is 13.0 Å². The summed E-state index contributed by atoms with van der Waals surface area (Å²) in [7, 11) is 3.40. The zero-order chi connectivity index (χ0) is 22.6. The first kappa shape index (κ1) is 21.6. The van der Waals surface area contributed by atoms with Crippen molar-refractivity contribution in [3.05, 3.63) is 78.6 Å². The van der Waals surface area contributed by atoms with Gasteiger partial charge in [-0.25, -0.2) is 4.98 Å². The summed E-state index contributed by atoms with van der Waals surface area (Å²) in [6.45, 7) is 0.761. The van der Waals surface area contributed by atoms with Gasteiger partial charge in [-0.1, -0.05) is 24.3 Å². The predicted octanol–water partition coefficient (Wildman–Crippen LogP) is 2.08. The van der Waals surface area contributed by atoms with Crippen LogP contribution in [0.15, 0.2) is 67.4 Å². The smallest absolute Gasteiger partial charge is 0.274 e. The molecule has 1 aliphatic heterocycles. The Balaban J connectivity index is 1.70. The molecule has 0 aliphatic carbocycles. The summed E-state index contributed by atoms with van der Waals surface area (Å²) >= 11 is 0. The maximum absolute atomic E-state index is 13.4. The summed E-state index contributed by atoms with van der Waals surface area (Å²) in [4.78, 5) is 41.8. The molecule has 1 atom stereocenters. The van der Waals surface area contributed by atoms with Crippen LogP contribution in [0.4, 0.5) is 0 Å². The zero-order valence-corrected chi connectivity index (χ0v) is 18.1. The minimum Gasteiger partial charge on any atom is -0.361 e. The number of ether oxygens (including phenoxy) is 1. The van der Waals surface area contributed by atoms with Crippen LogP contribution in [0.3, 0.4) is 0 Å². The van der Waals surface area contributed by atoms with Crippen LogP contribution in [0, 0.1) is 0 Å². The maximum atomic E-state index is 13.4. The van der Waals surface area contributed by atoms with E-state index in [4.69, 9.17) is 4.74 Å². The van der Waals surface area contributed by atoms with E-state index in [1.807, 2.05) is 36.4 Å². The molecule has 164 valence electrons. The highest BCUT2D eigenvalue weighted by molar-refractivity contribution is 5.93. The summed E-state index contributed by atoms with van der Waals surface area (Å²) in [5, 5.41) is 0. The molecule has 0 unspecified atom stereocenters. The van der Waals surface area contributed by atoms with Crippen LogP contribution >= 0.6 is 0 Å². The lowest BCUT2D eigenvalue weighted by atomic mass is 9.87. The number of hydrogen-bond acceptors (Lipinski definition) is 6. The number of rotatable bonds is 5. The van der Waals surface area contributed by atoms with E-state index in [1.54, 1.807) is 31.4 Å². The number of aromatic nitrogens is 3. The molecule has 4 rings (SSSR count). The molecule has 0 bridgehead atoms. The Labute approximate surface area is 186 Å². The van der Waals surface area contributed by atoms with E-state index in [0.717, 1.165) is 16.7 Å². The van der Waals surface area contributed by atoms with Crippen LogP contribution in [-0.2, 0) is 16.0 Å². The summed E-state index contributed by atoms with van der Waals surface area (Å²) < 4.78 is 6.17. The van der Waals surface area contributed by atoms with Crippen LogP contribution < -0.4 is 0 Å². The van der Waals surface area contributed by atoms with E-state index in [9.17, 15) is 9.59 Å². The molecule has 2 aromatic heterocycles. The van der Waals surface area contributed by atoms with Crippen molar-refractivity contribution in [1.29, 1.82) is 0 Å². The Morgan fingerprint density at radius 2 is 1.84 bits per heavy atom. The number of pyridine rings is 1. The minimum atomic E-state index is -1.21. The highest BCUT2D eigenvalue weighted by Gasteiger charge is 2.46. The zero-order valence-electron chi connectivity index (χ0n) is 18.1. The minimum absolute atomic E-state index is 0.129. The van der Waals surface area contributed by atoms with Gasteiger partial charge in [-0.15, -0.1) is 0 Å². The molecule has 1 aliphatic rings. The summed E-state index contributed by atoms with van der Waals surface area (Å²) in [6.07, 6.45) is 8.25. The van der Waals surface area contributed by atoms with Gasteiger partial charge in [0.1, 0.15) is 5.69 Å². The van der Waals surface area contributed by atoms with Gasteiger partial charge < -0.3 is 14.5 Å².